The number of benzene rings is 1. The Labute approximate surface area is 109 Å². The maximum atomic E-state index is 12.3. The minimum Gasteiger partial charge on any atom is -0.350 e. The zero-order valence-electron chi connectivity index (χ0n) is 10.4. The van der Waals surface area contributed by atoms with Gasteiger partial charge in [0.2, 0.25) is 0 Å². The molecule has 0 amide bonds. The van der Waals surface area contributed by atoms with Crippen LogP contribution >= 0.6 is 0 Å². The second-order valence-electron chi connectivity index (χ2n) is 4.62. The fourth-order valence-corrected chi connectivity index (χ4v) is 2.21. The lowest BCUT2D eigenvalue weighted by Crippen LogP contribution is -2.25. The zero-order chi connectivity index (χ0) is 13.4. The number of H-pyrrole nitrogens is 1. The summed E-state index contributed by atoms with van der Waals surface area (Å²) in [6, 6.07) is 9.84. The maximum absolute atomic E-state index is 12.3. The van der Waals surface area contributed by atoms with E-state index in [-0.39, 0.29) is 11.5 Å². The lowest BCUT2D eigenvalue weighted by atomic mass is 10.2. The van der Waals surface area contributed by atoms with Crippen molar-refractivity contribution in [2.45, 2.75) is 13.5 Å². The topological polar surface area (TPSA) is 74.5 Å². The maximum Gasteiger partial charge on any atom is 0.291 e. The number of nitrogens with zero attached hydrogens (tertiary/aromatic N) is 3. The molecule has 2 aromatic heterocycles. The summed E-state index contributed by atoms with van der Waals surface area (Å²) in [4.78, 5) is 15.4. The van der Waals surface area contributed by atoms with Crippen LogP contribution in [0.2, 0.25) is 0 Å². The van der Waals surface area contributed by atoms with Crippen LogP contribution in [0.5, 0.6) is 0 Å². The zero-order valence-corrected chi connectivity index (χ0v) is 10.4. The van der Waals surface area contributed by atoms with Crippen molar-refractivity contribution in [3.8, 4) is 6.07 Å². The van der Waals surface area contributed by atoms with Crippen LogP contribution in [0.1, 0.15) is 6.92 Å². The van der Waals surface area contributed by atoms with Gasteiger partial charge in [-0.15, -0.1) is 0 Å². The van der Waals surface area contributed by atoms with Gasteiger partial charge in [-0.1, -0.05) is 18.2 Å². The molecule has 1 N–H and O–H groups in total. The predicted octanol–water partition coefficient (Wildman–Crippen LogP) is 2.04. The van der Waals surface area contributed by atoms with Crippen LogP contribution in [0.25, 0.3) is 21.8 Å². The standard InChI is InChI=1S/C14H12N4O/c1-9(6-15)8-18-14(19)13-11(7-16-18)10-4-2-3-5-12(10)17-13/h2-5,7,9,17H,8H2,1H3. The first kappa shape index (κ1) is 11.5. The van der Waals surface area contributed by atoms with Gasteiger partial charge in [-0.3, -0.25) is 4.79 Å². The molecular formula is C14H12N4O. The Balaban J connectivity index is 2.25. The summed E-state index contributed by atoms with van der Waals surface area (Å²) >= 11 is 0. The second kappa shape index (κ2) is 4.25. The van der Waals surface area contributed by atoms with E-state index in [9.17, 15) is 4.79 Å². The molecule has 0 bridgehead atoms. The summed E-state index contributed by atoms with van der Waals surface area (Å²) in [7, 11) is 0. The number of aromatic amines is 1. The third kappa shape index (κ3) is 1.78. The Morgan fingerprint density at radius 2 is 2.21 bits per heavy atom. The summed E-state index contributed by atoms with van der Waals surface area (Å²) in [5.74, 6) is -0.243. The molecule has 94 valence electrons. The van der Waals surface area contributed by atoms with Crippen molar-refractivity contribution in [3.05, 3.63) is 40.8 Å². The Morgan fingerprint density at radius 1 is 1.42 bits per heavy atom. The number of nitriles is 1. The van der Waals surface area contributed by atoms with Gasteiger partial charge >= 0.3 is 0 Å². The predicted molar refractivity (Wildman–Crippen MR) is 72.6 cm³/mol. The summed E-state index contributed by atoms with van der Waals surface area (Å²) in [5.41, 5.74) is 1.28. The first-order valence-electron chi connectivity index (χ1n) is 6.07. The van der Waals surface area contributed by atoms with E-state index < -0.39 is 0 Å². The Kier molecular flexibility index (Phi) is 2.57. The number of rotatable bonds is 2. The highest BCUT2D eigenvalue weighted by molar-refractivity contribution is 6.06. The molecule has 1 aromatic carbocycles. The summed E-state index contributed by atoms with van der Waals surface area (Å²) < 4.78 is 1.34. The Bertz CT molecular complexity index is 853. The number of para-hydroxylation sites is 1. The van der Waals surface area contributed by atoms with E-state index in [2.05, 4.69) is 16.2 Å². The molecule has 2 heterocycles. The molecular weight excluding hydrogens is 240 g/mol. The number of fused-ring (bicyclic) bond motifs is 3. The molecule has 3 rings (SSSR count). The lowest BCUT2D eigenvalue weighted by Gasteiger charge is -2.04. The minimum atomic E-state index is -0.243. The second-order valence-corrected chi connectivity index (χ2v) is 4.62. The molecule has 0 aliphatic carbocycles. The van der Waals surface area contributed by atoms with Crippen molar-refractivity contribution in [2.75, 3.05) is 0 Å². The van der Waals surface area contributed by atoms with Crippen molar-refractivity contribution in [1.82, 2.24) is 14.8 Å². The lowest BCUT2D eigenvalue weighted by molar-refractivity contribution is 0.507. The number of hydrogen-bond acceptors (Lipinski definition) is 3. The number of hydrogen-bond donors (Lipinski definition) is 1. The van der Waals surface area contributed by atoms with Gasteiger partial charge in [0.05, 0.1) is 24.7 Å². The average molecular weight is 252 g/mol. The fourth-order valence-electron chi connectivity index (χ4n) is 2.21. The molecule has 19 heavy (non-hydrogen) atoms. The Morgan fingerprint density at radius 3 is 3.00 bits per heavy atom. The van der Waals surface area contributed by atoms with E-state index in [1.807, 2.05) is 24.3 Å². The van der Waals surface area contributed by atoms with Crippen molar-refractivity contribution < 1.29 is 0 Å². The van der Waals surface area contributed by atoms with Crippen LogP contribution < -0.4 is 5.56 Å². The highest BCUT2D eigenvalue weighted by Gasteiger charge is 2.11. The van der Waals surface area contributed by atoms with Crippen LogP contribution in [0.3, 0.4) is 0 Å². The third-order valence-corrected chi connectivity index (χ3v) is 3.19. The largest absolute Gasteiger partial charge is 0.350 e. The minimum absolute atomic E-state index is 0.184. The highest BCUT2D eigenvalue weighted by Crippen LogP contribution is 2.21. The monoisotopic (exact) mass is 252 g/mol. The summed E-state index contributed by atoms with van der Waals surface area (Å²) in [5, 5.41) is 14.8. The van der Waals surface area contributed by atoms with E-state index in [1.165, 1.54) is 4.68 Å². The van der Waals surface area contributed by atoms with Crippen LogP contribution in [0, 0.1) is 17.2 Å². The van der Waals surface area contributed by atoms with Gasteiger partial charge < -0.3 is 4.98 Å². The SMILES string of the molecule is CC(C#N)Cn1ncc2c([nH]c3ccccc32)c1=O. The van der Waals surface area contributed by atoms with Crippen LogP contribution in [-0.2, 0) is 6.54 Å². The Hall–Kier alpha value is -2.61. The molecule has 0 fully saturated rings. The van der Waals surface area contributed by atoms with E-state index >= 15 is 0 Å². The van der Waals surface area contributed by atoms with Gasteiger partial charge in [-0.2, -0.15) is 10.4 Å². The van der Waals surface area contributed by atoms with Crippen molar-refractivity contribution in [2.24, 2.45) is 5.92 Å². The van der Waals surface area contributed by atoms with Gasteiger partial charge in [-0.25, -0.2) is 4.68 Å². The molecule has 3 aromatic rings. The van der Waals surface area contributed by atoms with Crippen LogP contribution in [-0.4, -0.2) is 14.8 Å². The molecule has 0 aliphatic rings. The van der Waals surface area contributed by atoms with Gasteiger partial charge in [0, 0.05) is 16.3 Å². The van der Waals surface area contributed by atoms with E-state index in [0.717, 1.165) is 16.3 Å². The summed E-state index contributed by atoms with van der Waals surface area (Å²) in [6.45, 7) is 2.07. The third-order valence-electron chi connectivity index (χ3n) is 3.19. The molecule has 0 spiro atoms. The molecule has 5 nitrogen and oxygen atoms in total. The average Bonchev–Trinajstić information content (AvgIpc) is 2.81. The first-order valence-corrected chi connectivity index (χ1v) is 6.07. The molecule has 0 saturated heterocycles. The van der Waals surface area contributed by atoms with E-state index in [4.69, 9.17) is 5.26 Å². The summed E-state index contributed by atoms with van der Waals surface area (Å²) in [6.07, 6.45) is 1.68. The van der Waals surface area contributed by atoms with Gasteiger partial charge in [-0.05, 0) is 13.0 Å². The van der Waals surface area contributed by atoms with Gasteiger partial charge in [0.25, 0.3) is 5.56 Å². The van der Waals surface area contributed by atoms with E-state index in [0.29, 0.717) is 12.1 Å². The van der Waals surface area contributed by atoms with Crippen molar-refractivity contribution in [1.29, 1.82) is 5.26 Å². The molecule has 1 atom stereocenters. The molecule has 5 heteroatoms. The van der Waals surface area contributed by atoms with Crippen molar-refractivity contribution >= 4 is 21.8 Å². The molecule has 1 unspecified atom stereocenters. The number of nitrogens with one attached hydrogen (secondary N) is 1. The molecule has 0 saturated carbocycles. The van der Waals surface area contributed by atoms with Crippen LogP contribution in [0.4, 0.5) is 0 Å². The highest BCUT2D eigenvalue weighted by atomic mass is 16.1. The van der Waals surface area contributed by atoms with Gasteiger partial charge in [0.15, 0.2) is 0 Å². The first-order chi connectivity index (χ1) is 9.20. The van der Waals surface area contributed by atoms with Gasteiger partial charge in [0.1, 0.15) is 5.52 Å². The normalized spacial score (nSPS) is 12.6. The smallest absolute Gasteiger partial charge is 0.291 e. The fraction of sp³-hybridized carbons (Fsp3) is 0.214. The quantitative estimate of drug-likeness (QED) is 0.758. The van der Waals surface area contributed by atoms with E-state index in [1.54, 1.807) is 13.1 Å². The molecule has 0 radical (unpaired) electrons. The molecule has 0 aliphatic heterocycles. The number of aromatic nitrogens is 3. The van der Waals surface area contributed by atoms with Crippen LogP contribution in [0.15, 0.2) is 35.3 Å². The van der Waals surface area contributed by atoms with Crippen molar-refractivity contribution in [3.63, 3.8) is 0 Å².